The van der Waals surface area contributed by atoms with Crippen molar-refractivity contribution in [2.75, 3.05) is 0 Å². The smallest absolute Gasteiger partial charge is 0.220 e. The Labute approximate surface area is 176 Å². The van der Waals surface area contributed by atoms with Crippen LogP contribution in [0.5, 0.6) is 0 Å². The largest absolute Gasteiger partial charge is 0.352 e. The van der Waals surface area contributed by atoms with Gasteiger partial charge in [0.15, 0.2) is 5.78 Å². The van der Waals surface area contributed by atoms with Crippen molar-refractivity contribution in [1.29, 1.82) is 0 Å². The predicted molar refractivity (Wildman–Crippen MR) is 114 cm³/mol. The molecule has 0 saturated carbocycles. The van der Waals surface area contributed by atoms with Crippen LogP contribution < -0.4 is 5.32 Å². The topological polar surface area (TPSA) is 76.9 Å². The fourth-order valence-electron chi connectivity index (χ4n) is 3.83. The number of Topliss-reactive ketones (excluding diaryl/α,β-unsaturated/α-hetero) is 1. The molecule has 2 aromatic carbocycles. The number of hydrogen-bond acceptors (Lipinski definition) is 4. The van der Waals surface area contributed by atoms with Gasteiger partial charge in [0.05, 0.1) is 6.54 Å². The molecule has 4 rings (SSSR count). The quantitative estimate of drug-likeness (QED) is 0.585. The Bertz CT molecular complexity index is 1010. The average molecular weight is 402 g/mol. The lowest BCUT2D eigenvalue weighted by Gasteiger charge is -2.16. The first-order valence-corrected chi connectivity index (χ1v) is 10.5. The second-order valence-corrected chi connectivity index (χ2v) is 7.80. The molecule has 0 unspecified atom stereocenters. The van der Waals surface area contributed by atoms with E-state index in [1.54, 1.807) is 11.0 Å². The molecule has 3 aromatic rings. The number of rotatable bonds is 8. The van der Waals surface area contributed by atoms with Gasteiger partial charge >= 0.3 is 0 Å². The molecule has 0 bridgehead atoms. The minimum absolute atomic E-state index is 0.0380. The molecule has 1 aromatic heterocycles. The number of aryl methyl sites for hydroxylation is 2. The molecule has 1 heterocycles. The molecule has 0 radical (unpaired) electrons. The van der Waals surface area contributed by atoms with Crippen molar-refractivity contribution < 1.29 is 9.59 Å². The summed E-state index contributed by atoms with van der Waals surface area (Å²) >= 11 is 0. The number of benzene rings is 2. The summed E-state index contributed by atoms with van der Waals surface area (Å²) in [7, 11) is 0. The lowest BCUT2D eigenvalue weighted by Crippen LogP contribution is -2.23. The van der Waals surface area contributed by atoms with Crippen molar-refractivity contribution in [2.45, 2.75) is 51.6 Å². The molecule has 1 aliphatic rings. The van der Waals surface area contributed by atoms with E-state index < -0.39 is 0 Å². The van der Waals surface area contributed by atoms with Crippen LogP contribution in [0.2, 0.25) is 0 Å². The summed E-state index contributed by atoms with van der Waals surface area (Å²) in [6.45, 7) is 1.12. The number of ketones is 1. The Morgan fingerprint density at radius 2 is 1.70 bits per heavy atom. The van der Waals surface area contributed by atoms with Crippen LogP contribution in [0.3, 0.4) is 0 Å². The highest BCUT2D eigenvalue weighted by molar-refractivity contribution is 5.98. The van der Waals surface area contributed by atoms with E-state index in [-0.39, 0.29) is 24.5 Å². The number of carbonyl (C=O) groups is 2. The molecule has 0 aliphatic heterocycles. The Balaban J connectivity index is 1.22. The van der Waals surface area contributed by atoms with Crippen LogP contribution >= 0.6 is 0 Å². The summed E-state index contributed by atoms with van der Waals surface area (Å²) in [4.78, 5) is 28.6. The Morgan fingerprint density at radius 3 is 2.47 bits per heavy atom. The van der Waals surface area contributed by atoms with Gasteiger partial charge in [0.1, 0.15) is 12.7 Å². The second kappa shape index (κ2) is 9.48. The fraction of sp³-hybridized carbons (Fsp3) is 0.333. The average Bonchev–Trinajstić information content (AvgIpc) is 3.29. The zero-order valence-corrected chi connectivity index (χ0v) is 17.0. The van der Waals surface area contributed by atoms with Crippen molar-refractivity contribution in [1.82, 2.24) is 20.1 Å². The highest BCUT2D eigenvalue weighted by Gasteiger charge is 2.14. The van der Waals surface area contributed by atoms with E-state index in [9.17, 15) is 9.59 Å². The number of aromatic nitrogens is 3. The SMILES string of the molecule is O=C(CCC(=O)c1ccc2c(c1)CCCC2)NCc1ccc(Cn2cncn2)cc1. The molecule has 0 fully saturated rings. The first-order chi connectivity index (χ1) is 14.7. The number of fused-ring (bicyclic) bond motifs is 1. The maximum Gasteiger partial charge on any atom is 0.220 e. The van der Waals surface area contributed by atoms with E-state index >= 15 is 0 Å². The van der Waals surface area contributed by atoms with Crippen LogP contribution in [0, 0.1) is 0 Å². The van der Waals surface area contributed by atoms with Crippen LogP contribution in [0.1, 0.15) is 58.3 Å². The van der Waals surface area contributed by atoms with Gasteiger partial charge in [-0.25, -0.2) is 9.67 Å². The third kappa shape index (κ3) is 5.20. The summed E-state index contributed by atoms with van der Waals surface area (Å²) in [5.41, 5.74) is 5.52. The van der Waals surface area contributed by atoms with Crippen LogP contribution in [0.15, 0.2) is 55.1 Å². The summed E-state index contributed by atoms with van der Waals surface area (Å²) < 4.78 is 1.76. The number of amides is 1. The molecule has 0 spiro atoms. The first-order valence-electron chi connectivity index (χ1n) is 10.5. The van der Waals surface area contributed by atoms with Gasteiger partial charge in [0.2, 0.25) is 5.91 Å². The second-order valence-electron chi connectivity index (χ2n) is 7.80. The summed E-state index contributed by atoms with van der Waals surface area (Å²) in [5, 5.41) is 6.99. The molecule has 6 heteroatoms. The molecule has 1 aliphatic carbocycles. The van der Waals surface area contributed by atoms with Gasteiger partial charge in [0, 0.05) is 24.9 Å². The lowest BCUT2D eigenvalue weighted by atomic mass is 9.89. The Morgan fingerprint density at radius 1 is 0.933 bits per heavy atom. The summed E-state index contributed by atoms with van der Waals surface area (Å²) in [6.07, 6.45) is 8.21. The van der Waals surface area contributed by atoms with E-state index in [0.717, 1.165) is 29.5 Å². The first kappa shape index (κ1) is 20.0. The minimum atomic E-state index is -0.104. The van der Waals surface area contributed by atoms with Gasteiger partial charge in [-0.1, -0.05) is 36.4 Å². The van der Waals surface area contributed by atoms with Gasteiger partial charge in [-0.05, 0) is 54.0 Å². The number of nitrogens with one attached hydrogen (secondary N) is 1. The summed E-state index contributed by atoms with van der Waals surface area (Å²) in [5.74, 6) is -0.0658. The summed E-state index contributed by atoms with van der Waals surface area (Å²) in [6, 6.07) is 14.0. The van der Waals surface area contributed by atoms with Gasteiger partial charge in [0.25, 0.3) is 0 Å². The molecule has 30 heavy (non-hydrogen) atoms. The van der Waals surface area contributed by atoms with Crippen LogP contribution in [0.4, 0.5) is 0 Å². The zero-order chi connectivity index (χ0) is 20.8. The van der Waals surface area contributed by atoms with E-state index in [2.05, 4.69) is 21.5 Å². The minimum Gasteiger partial charge on any atom is -0.352 e. The molecule has 6 nitrogen and oxygen atoms in total. The van der Waals surface area contributed by atoms with Crippen molar-refractivity contribution in [3.05, 3.63) is 82.9 Å². The van der Waals surface area contributed by atoms with Crippen LogP contribution in [0.25, 0.3) is 0 Å². The van der Waals surface area contributed by atoms with Crippen LogP contribution in [-0.4, -0.2) is 26.5 Å². The Kier molecular flexibility index (Phi) is 6.32. The number of hydrogen-bond donors (Lipinski definition) is 1. The molecular weight excluding hydrogens is 376 g/mol. The van der Waals surface area contributed by atoms with Crippen molar-refractivity contribution in [3.8, 4) is 0 Å². The van der Waals surface area contributed by atoms with Crippen molar-refractivity contribution in [3.63, 3.8) is 0 Å². The van der Waals surface area contributed by atoms with Gasteiger partial charge < -0.3 is 5.32 Å². The number of carbonyl (C=O) groups excluding carboxylic acids is 2. The van der Waals surface area contributed by atoms with Gasteiger partial charge in [-0.15, -0.1) is 0 Å². The maximum absolute atomic E-state index is 12.5. The molecule has 0 saturated heterocycles. The number of nitrogens with zero attached hydrogens (tertiary/aromatic N) is 3. The third-order valence-electron chi connectivity index (χ3n) is 5.57. The highest BCUT2D eigenvalue weighted by Crippen LogP contribution is 2.23. The molecular formula is C24H26N4O2. The van der Waals surface area contributed by atoms with E-state index in [4.69, 9.17) is 0 Å². The molecule has 0 atom stereocenters. The normalized spacial score (nSPS) is 12.9. The highest BCUT2D eigenvalue weighted by atomic mass is 16.2. The van der Waals surface area contributed by atoms with E-state index in [1.165, 1.54) is 30.3 Å². The zero-order valence-electron chi connectivity index (χ0n) is 17.0. The molecule has 1 N–H and O–H groups in total. The van der Waals surface area contributed by atoms with Gasteiger partial charge in [-0.3, -0.25) is 9.59 Å². The standard InChI is InChI=1S/C24H26N4O2/c29-23(22-10-9-20-3-1-2-4-21(20)13-22)11-12-24(30)26-14-18-5-7-19(8-6-18)15-28-17-25-16-27-28/h5-10,13,16-17H,1-4,11-12,14-15H2,(H,26,30). The van der Waals surface area contributed by atoms with Crippen molar-refractivity contribution in [2.24, 2.45) is 0 Å². The fourth-order valence-corrected chi connectivity index (χ4v) is 3.83. The van der Waals surface area contributed by atoms with E-state index in [0.29, 0.717) is 13.1 Å². The third-order valence-corrected chi connectivity index (χ3v) is 5.57. The van der Waals surface area contributed by atoms with Crippen LogP contribution in [-0.2, 0) is 30.7 Å². The monoisotopic (exact) mass is 402 g/mol. The van der Waals surface area contributed by atoms with Crippen molar-refractivity contribution >= 4 is 11.7 Å². The van der Waals surface area contributed by atoms with Gasteiger partial charge in [-0.2, -0.15) is 5.10 Å². The maximum atomic E-state index is 12.5. The lowest BCUT2D eigenvalue weighted by molar-refractivity contribution is -0.121. The Hall–Kier alpha value is -3.28. The van der Waals surface area contributed by atoms with E-state index in [1.807, 2.05) is 36.4 Å². The molecule has 154 valence electrons. The molecule has 1 amide bonds. The predicted octanol–water partition coefficient (Wildman–Crippen LogP) is 3.48.